The number of nitrogens with one attached hydrogen (secondary N) is 1. The quantitative estimate of drug-likeness (QED) is 0.651. The summed E-state index contributed by atoms with van der Waals surface area (Å²) in [5.74, 6) is -0.959. The Morgan fingerprint density at radius 3 is 2.50 bits per heavy atom. The van der Waals surface area contributed by atoms with Gasteiger partial charge in [0.2, 0.25) is 0 Å². The number of nitrogens with zero attached hydrogens (tertiary/aromatic N) is 1. The summed E-state index contributed by atoms with van der Waals surface area (Å²) in [7, 11) is 1.54. The molecule has 0 spiro atoms. The van der Waals surface area contributed by atoms with E-state index in [0.717, 1.165) is 0 Å². The third-order valence-electron chi connectivity index (χ3n) is 3.16. The number of anilines is 1. The second kappa shape index (κ2) is 7.61. The molecule has 0 saturated carbocycles. The van der Waals surface area contributed by atoms with Crippen LogP contribution in [0.25, 0.3) is 6.08 Å². The van der Waals surface area contributed by atoms with Crippen LogP contribution in [0.1, 0.15) is 15.9 Å². The molecule has 0 fully saturated rings. The molecule has 0 aliphatic heterocycles. The van der Waals surface area contributed by atoms with Crippen LogP contribution in [-0.2, 0) is 4.79 Å². The van der Waals surface area contributed by atoms with Crippen molar-refractivity contribution in [1.82, 2.24) is 0 Å². The summed E-state index contributed by atoms with van der Waals surface area (Å²) in [4.78, 5) is 23.1. The maximum atomic E-state index is 12.2. The Morgan fingerprint density at radius 2 is 1.92 bits per heavy atom. The number of rotatable bonds is 5. The molecule has 0 bridgehead atoms. The first-order valence-electron chi connectivity index (χ1n) is 6.94. The summed E-state index contributed by atoms with van der Waals surface area (Å²) < 4.78 is 5.04. The van der Waals surface area contributed by atoms with Crippen LogP contribution in [0.4, 0.5) is 5.69 Å². The fraction of sp³-hybridized carbons (Fsp3) is 0.0556. The standard InChI is InChI=1S/C18H14N2O4/c1-24-16-7-5-13(6-8-16)17(21)20-15-4-2-3-12(10-15)9-14(11-19)18(22)23/h2-10H,1H3,(H,20,21)(H,22,23)/b14-9-. The highest BCUT2D eigenvalue weighted by atomic mass is 16.5. The van der Waals surface area contributed by atoms with Gasteiger partial charge in [-0.1, -0.05) is 12.1 Å². The molecule has 24 heavy (non-hydrogen) atoms. The van der Waals surface area contributed by atoms with Crippen molar-refractivity contribution in [2.75, 3.05) is 12.4 Å². The topological polar surface area (TPSA) is 99.4 Å². The predicted molar refractivity (Wildman–Crippen MR) is 88.6 cm³/mol. The molecular weight excluding hydrogens is 308 g/mol. The number of benzene rings is 2. The van der Waals surface area contributed by atoms with Gasteiger partial charge in [-0.25, -0.2) is 4.79 Å². The lowest BCUT2D eigenvalue weighted by atomic mass is 10.1. The highest BCUT2D eigenvalue weighted by molar-refractivity contribution is 6.04. The van der Waals surface area contributed by atoms with Gasteiger partial charge in [0.15, 0.2) is 0 Å². The number of carboxylic acids is 1. The van der Waals surface area contributed by atoms with Gasteiger partial charge in [-0.05, 0) is 48.0 Å². The summed E-state index contributed by atoms with van der Waals surface area (Å²) in [6.45, 7) is 0. The van der Waals surface area contributed by atoms with Gasteiger partial charge in [0, 0.05) is 11.3 Å². The van der Waals surface area contributed by atoms with E-state index >= 15 is 0 Å². The van der Waals surface area contributed by atoms with Crippen LogP contribution in [0.15, 0.2) is 54.1 Å². The Hall–Kier alpha value is -3.59. The van der Waals surface area contributed by atoms with Crippen molar-refractivity contribution in [3.63, 3.8) is 0 Å². The third-order valence-corrected chi connectivity index (χ3v) is 3.16. The monoisotopic (exact) mass is 322 g/mol. The van der Waals surface area contributed by atoms with Gasteiger partial charge in [0.25, 0.3) is 5.91 Å². The minimum absolute atomic E-state index is 0.308. The highest BCUT2D eigenvalue weighted by Gasteiger charge is 2.08. The normalized spacial score (nSPS) is 10.6. The predicted octanol–water partition coefficient (Wildman–Crippen LogP) is 2.94. The fourth-order valence-corrected chi connectivity index (χ4v) is 1.96. The van der Waals surface area contributed by atoms with Crippen molar-refractivity contribution in [3.05, 3.63) is 65.2 Å². The average Bonchev–Trinajstić information content (AvgIpc) is 2.59. The van der Waals surface area contributed by atoms with Crippen LogP contribution in [0, 0.1) is 11.3 Å². The summed E-state index contributed by atoms with van der Waals surface area (Å²) in [5.41, 5.74) is 1.07. The van der Waals surface area contributed by atoms with E-state index in [9.17, 15) is 9.59 Å². The smallest absolute Gasteiger partial charge is 0.346 e. The zero-order valence-electron chi connectivity index (χ0n) is 12.8. The minimum atomic E-state index is -1.30. The maximum Gasteiger partial charge on any atom is 0.346 e. The number of carboxylic acid groups (broad SMARTS) is 1. The van der Waals surface area contributed by atoms with Gasteiger partial charge in [-0.2, -0.15) is 5.26 Å². The Balaban J connectivity index is 2.18. The van der Waals surface area contributed by atoms with Crippen molar-refractivity contribution in [2.45, 2.75) is 0 Å². The lowest BCUT2D eigenvalue weighted by Gasteiger charge is -2.07. The molecule has 6 heteroatoms. The minimum Gasteiger partial charge on any atom is -0.497 e. The molecule has 1 amide bonds. The van der Waals surface area contributed by atoms with Gasteiger partial charge in [0.1, 0.15) is 17.4 Å². The fourth-order valence-electron chi connectivity index (χ4n) is 1.96. The molecule has 2 aromatic carbocycles. The molecular formula is C18H14N2O4. The Bertz CT molecular complexity index is 833. The molecule has 6 nitrogen and oxygen atoms in total. The number of hydrogen-bond donors (Lipinski definition) is 2. The molecule has 2 N–H and O–H groups in total. The van der Waals surface area contributed by atoms with Gasteiger partial charge in [-0.15, -0.1) is 0 Å². The number of ether oxygens (including phenoxy) is 1. The molecule has 0 radical (unpaired) electrons. The van der Waals surface area contributed by atoms with Crippen LogP contribution >= 0.6 is 0 Å². The SMILES string of the molecule is COc1ccc(C(=O)Nc2cccc(/C=C(/C#N)C(=O)O)c2)cc1. The number of carbonyl (C=O) groups excluding carboxylic acids is 1. The number of amides is 1. The number of hydrogen-bond acceptors (Lipinski definition) is 4. The first kappa shape index (κ1) is 16.8. The molecule has 0 saturated heterocycles. The lowest BCUT2D eigenvalue weighted by molar-refractivity contribution is -0.132. The van der Waals surface area contributed by atoms with Crippen molar-refractivity contribution in [3.8, 4) is 11.8 Å². The van der Waals surface area contributed by atoms with Crippen LogP contribution in [0.3, 0.4) is 0 Å². The van der Waals surface area contributed by atoms with Crippen LogP contribution in [0.5, 0.6) is 5.75 Å². The molecule has 0 heterocycles. The molecule has 0 aromatic heterocycles. The Morgan fingerprint density at radius 1 is 1.21 bits per heavy atom. The van der Waals surface area contributed by atoms with Gasteiger partial charge < -0.3 is 15.2 Å². The van der Waals surface area contributed by atoms with Gasteiger partial charge in [-0.3, -0.25) is 4.79 Å². The van der Waals surface area contributed by atoms with E-state index < -0.39 is 5.97 Å². The number of carbonyl (C=O) groups is 2. The Labute approximate surface area is 138 Å². The van der Waals surface area contributed by atoms with Crippen molar-refractivity contribution in [2.24, 2.45) is 0 Å². The molecule has 0 unspecified atom stereocenters. The van der Waals surface area contributed by atoms with Gasteiger partial charge >= 0.3 is 5.97 Å². The van der Waals surface area contributed by atoms with E-state index in [1.165, 1.54) is 6.08 Å². The first-order chi connectivity index (χ1) is 11.5. The molecule has 2 rings (SSSR count). The molecule has 0 aliphatic rings. The second-order valence-corrected chi connectivity index (χ2v) is 4.78. The van der Waals surface area contributed by atoms with E-state index in [-0.39, 0.29) is 11.5 Å². The van der Waals surface area contributed by atoms with Crippen molar-refractivity contribution >= 4 is 23.6 Å². The largest absolute Gasteiger partial charge is 0.497 e. The summed E-state index contributed by atoms with van der Waals surface area (Å²) in [5, 5.41) is 20.4. The number of aliphatic carboxylic acids is 1. The van der Waals surface area contributed by atoms with E-state index in [1.54, 1.807) is 61.7 Å². The van der Waals surface area contributed by atoms with E-state index in [2.05, 4.69) is 5.32 Å². The molecule has 0 atom stereocenters. The zero-order valence-corrected chi connectivity index (χ0v) is 12.8. The lowest BCUT2D eigenvalue weighted by Crippen LogP contribution is -2.11. The van der Waals surface area contributed by atoms with Gasteiger partial charge in [0.05, 0.1) is 7.11 Å². The molecule has 0 aliphatic carbocycles. The van der Waals surface area contributed by atoms with E-state index in [1.807, 2.05) is 0 Å². The summed E-state index contributed by atoms with van der Waals surface area (Å²) >= 11 is 0. The maximum absolute atomic E-state index is 12.2. The molecule has 2 aromatic rings. The van der Waals surface area contributed by atoms with E-state index in [0.29, 0.717) is 22.6 Å². The Kier molecular flexibility index (Phi) is 5.32. The first-order valence-corrected chi connectivity index (χ1v) is 6.94. The van der Waals surface area contributed by atoms with Crippen LogP contribution in [0.2, 0.25) is 0 Å². The number of methoxy groups -OCH3 is 1. The zero-order chi connectivity index (χ0) is 17.5. The van der Waals surface area contributed by atoms with Crippen LogP contribution in [-0.4, -0.2) is 24.1 Å². The third kappa shape index (κ3) is 4.21. The number of nitriles is 1. The second-order valence-electron chi connectivity index (χ2n) is 4.78. The average molecular weight is 322 g/mol. The highest BCUT2D eigenvalue weighted by Crippen LogP contribution is 2.16. The van der Waals surface area contributed by atoms with E-state index in [4.69, 9.17) is 15.1 Å². The van der Waals surface area contributed by atoms with Crippen molar-refractivity contribution in [1.29, 1.82) is 5.26 Å². The molecule has 120 valence electrons. The summed E-state index contributed by atoms with van der Waals surface area (Å²) in [6.07, 6.45) is 1.24. The summed E-state index contributed by atoms with van der Waals surface area (Å²) in [6, 6.07) is 14.8. The van der Waals surface area contributed by atoms with Crippen LogP contribution < -0.4 is 10.1 Å². The van der Waals surface area contributed by atoms with Crippen molar-refractivity contribution < 1.29 is 19.4 Å².